The lowest BCUT2D eigenvalue weighted by molar-refractivity contribution is -0.131. The summed E-state index contributed by atoms with van der Waals surface area (Å²) >= 11 is 0. The molecule has 0 unspecified atom stereocenters. The van der Waals surface area contributed by atoms with Gasteiger partial charge in [0.05, 0.1) is 0 Å². The SMILES string of the molecule is Cc1cc(C)c2c(c1)C=C(C=CC=CC=CC(=O)O)CO2. The summed E-state index contributed by atoms with van der Waals surface area (Å²) in [6.45, 7) is 4.67. The molecule has 0 fully saturated rings. The summed E-state index contributed by atoms with van der Waals surface area (Å²) in [4.78, 5) is 10.3. The molecule has 0 bridgehead atoms. The predicted octanol–water partition coefficient (Wildman–Crippen LogP) is 3.83. The van der Waals surface area contributed by atoms with E-state index in [1.165, 1.54) is 11.6 Å². The van der Waals surface area contributed by atoms with E-state index in [0.717, 1.165) is 28.5 Å². The van der Waals surface area contributed by atoms with Crippen LogP contribution in [-0.2, 0) is 4.79 Å². The Balaban J connectivity index is 2.09. The third-order valence-electron chi connectivity index (χ3n) is 3.05. The van der Waals surface area contributed by atoms with Crippen molar-refractivity contribution in [2.45, 2.75) is 13.8 Å². The Morgan fingerprint density at radius 1 is 1.19 bits per heavy atom. The Bertz CT molecular complexity index is 661. The number of aryl methyl sites for hydroxylation is 2. The fourth-order valence-corrected chi connectivity index (χ4v) is 2.23. The van der Waals surface area contributed by atoms with Crippen LogP contribution in [0.15, 0.2) is 54.2 Å². The van der Waals surface area contributed by atoms with Crippen LogP contribution >= 0.6 is 0 Å². The van der Waals surface area contributed by atoms with E-state index >= 15 is 0 Å². The number of aliphatic carboxylic acids is 1. The molecule has 108 valence electrons. The fourth-order valence-electron chi connectivity index (χ4n) is 2.23. The Morgan fingerprint density at radius 3 is 2.71 bits per heavy atom. The Morgan fingerprint density at radius 2 is 1.95 bits per heavy atom. The molecule has 2 rings (SSSR count). The summed E-state index contributed by atoms with van der Waals surface area (Å²) in [5, 5.41) is 8.45. The van der Waals surface area contributed by atoms with Gasteiger partial charge in [0.15, 0.2) is 0 Å². The maximum atomic E-state index is 10.3. The van der Waals surface area contributed by atoms with Gasteiger partial charge in [0, 0.05) is 11.6 Å². The highest BCUT2D eigenvalue weighted by Crippen LogP contribution is 2.31. The number of fused-ring (bicyclic) bond motifs is 1. The third-order valence-corrected chi connectivity index (χ3v) is 3.05. The van der Waals surface area contributed by atoms with Crippen molar-refractivity contribution in [2.24, 2.45) is 0 Å². The molecular formula is C18H18O3. The summed E-state index contributed by atoms with van der Waals surface area (Å²) in [6.07, 6.45) is 12.0. The number of carboxylic acids is 1. The molecule has 0 aliphatic carbocycles. The molecule has 0 aromatic heterocycles. The van der Waals surface area contributed by atoms with Crippen molar-refractivity contribution < 1.29 is 14.6 Å². The normalized spacial score (nSPS) is 14.5. The Kier molecular flexibility index (Phi) is 4.77. The second kappa shape index (κ2) is 6.75. The molecule has 0 saturated heterocycles. The Labute approximate surface area is 124 Å². The van der Waals surface area contributed by atoms with Crippen molar-refractivity contribution in [3.8, 4) is 5.75 Å². The zero-order valence-corrected chi connectivity index (χ0v) is 12.2. The van der Waals surface area contributed by atoms with Crippen molar-refractivity contribution in [3.05, 3.63) is 70.9 Å². The average Bonchev–Trinajstić information content (AvgIpc) is 2.41. The highest BCUT2D eigenvalue weighted by molar-refractivity contribution is 5.80. The van der Waals surface area contributed by atoms with E-state index < -0.39 is 5.97 Å². The van der Waals surface area contributed by atoms with Crippen LogP contribution in [-0.4, -0.2) is 17.7 Å². The molecule has 3 nitrogen and oxygen atoms in total. The lowest BCUT2D eigenvalue weighted by Crippen LogP contribution is -2.07. The van der Waals surface area contributed by atoms with Gasteiger partial charge in [-0.15, -0.1) is 0 Å². The van der Waals surface area contributed by atoms with Crippen LogP contribution < -0.4 is 4.74 Å². The number of hydrogen-bond donors (Lipinski definition) is 1. The van der Waals surface area contributed by atoms with Crippen molar-refractivity contribution in [1.29, 1.82) is 0 Å². The lowest BCUT2D eigenvalue weighted by Gasteiger charge is -2.18. The minimum Gasteiger partial charge on any atom is -0.488 e. The van der Waals surface area contributed by atoms with E-state index in [4.69, 9.17) is 9.84 Å². The molecule has 0 atom stereocenters. The molecule has 21 heavy (non-hydrogen) atoms. The third kappa shape index (κ3) is 4.21. The van der Waals surface area contributed by atoms with Crippen LogP contribution in [0.1, 0.15) is 16.7 Å². The van der Waals surface area contributed by atoms with Gasteiger partial charge in [-0.3, -0.25) is 0 Å². The summed E-state index contributed by atoms with van der Waals surface area (Å²) in [5.74, 6) is 0.00653. The highest BCUT2D eigenvalue weighted by Gasteiger charge is 2.12. The van der Waals surface area contributed by atoms with Crippen LogP contribution in [0.5, 0.6) is 5.75 Å². The van der Waals surface area contributed by atoms with Crippen LogP contribution in [0.3, 0.4) is 0 Å². The summed E-state index contributed by atoms with van der Waals surface area (Å²) in [5.41, 5.74) is 4.56. The number of carboxylic acid groups (broad SMARTS) is 1. The van der Waals surface area contributed by atoms with Crippen LogP contribution in [0, 0.1) is 13.8 Å². The van der Waals surface area contributed by atoms with E-state index in [1.54, 1.807) is 12.2 Å². The molecule has 0 spiro atoms. The van der Waals surface area contributed by atoms with Crippen LogP contribution in [0.4, 0.5) is 0 Å². The molecule has 1 N–H and O–H groups in total. The molecule has 1 aliphatic rings. The second-order valence-electron chi connectivity index (χ2n) is 4.95. The number of allylic oxidation sites excluding steroid dienone is 4. The van der Waals surface area contributed by atoms with Crippen LogP contribution in [0.2, 0.25) is 0 Å². The molecule has 0 amide bonds. The molecule has 0 saturated carbocycles. The molecule has 1 heterocycles. The van der Waals surface area contributed by atoms with Crippen molar-refractivity contribution >= 4 is 12.0 Å². The van der Waals surface area contributed by atoms with E-state index in [0.29, 0.717) is 6.61 Å². The lowest BCUT2D eigenvalue weighted by atomic mass is 10.0. The van der Waals surface area contributed by atoms with Gasteiger partial charge in [0.25, 0.3) is 0 Å². The maximum absolute atomic E-state index is 10.3. The first kappa shape index (κ1) is 14.9. The smallest absolute Gasteiger partial charge is 0.328 e. The first-order chi connectivity index (χ1) is 10.1. The van der Waals surface area contributed by atoms with Gasteiger partial charge >= 0.3 is 5.97 Å². The fraction of sp³-hybridized carbons (Fsp3) is 0.167. The second-order valence-corrected chi connectivity index (χ2v) is 4.95. The van der Waals surface area contributed by atoms with Gasteiger partial charge < -0.3 is 9.84 Å². The highest BCUT2D eigenvalue weighted by atomic mass is 16.5. The first-order valence-electron chi connectivity index (χ1n) is 6.75. The number of carbonyl (C=O) groups is 1. The predicted molar refractivity (Wildman–Crippen MR) is 84.4 cm³/mol. The van der Waals surface area contributed by atoms with E-state index in [9.17, 15) is 4.79 Å². The van der Waals surface area contributed by atoms with Gasteiger partial charge in [-0.25, -0.2) is 4.79 Å². The van der Waals surface area contributed by atoms with Gasteiger partial charge in [0.2, 0.25) is 0 Å². The molecular weight excluding hydrogens is 264 g/mol. The maximum Gasteiger partial charge on any atom is 0.328 e. The van der Waals surface area contributed by atoms with Crippen molar-refractivity contribution in [2.75, 3.05) is 6.61 Å². The molecule has 0 radical (unpaired) electrons. The molecule has 3 heteroatoms. The Hall–Kier alpha value is -2.55. The number of rotatable bonds is 4. The number of hydrogen-bond acceptors (Lipinski definition) is 2. The van der Waals surface area contributed by atoms with Gasteiger partial charge in [-0.1, -0.05) is 42.0 Å². The minimum atomic E-state index is -0.950. The van der Waals surface area contributed by atoms with E-state index in [1.807, 2.05) is 12.2 Å². The molecule has 1 aliphatic heterocycles. The average molecular weight is 282 g/mol. The zero-order valence-electron chi connectivity index (χ0n) is 12.2. The van der Waals surface area contributed by atoms with Crippen LogP contribution in [0.25, 0.3) is 6.08 Å². The number of benzene rings is 1. The first-order valence-corrected chi connectivity index (χ1v) is 6.75. The van der Waals surface area contributed by atoms with Gasteiger partial charge in [-0.05, 0) is 37.1 Å². The summed E-state index contributed by atoms with van der Waals surface area (Å²) < 4.78 is 5.80. The van der Waals surface area contributed by atoms with Gasteiger partial charge in [0.1, 0.15) is 12.4 Å². The monoisotopic (exact) mass is 282 g/mol. The standard InChI is InChI=1S/C18H18O3/c1-13-9-14(2)18-16(10-13)11-15(12-21-18)7-5-3-4-6-8-17(19)20/h3-11H,12H2,1-2H3,(H,19,20). The van der Waals surface area contributed by atoms with Gasteiger partial charge in [-0.2, -0.15) is 0 Å². The number of ether oxygens (including phenoxy) is 1. The largest absolute Gasteiger partial charge is 0.488 e. The van der Waals surface area contributed by atoms with Crippen molar-refractivity contribution in [1.82, 2.24) is 0 Å². The summed E-state index contributed by atoms with van der Waals surface area (Å²) in [6, 6.07) is 4.23. The minimum absolute atomic E-state index is 0.548. The topological polar surface area (TPSA) is 46.5 Å². The molecule has 1 aromatic rings. The van der Waals surface area contributed by atoms with E-state index in [2.05, 4.69) is 32.1 Å². The zero-order chi connectivity index (χ0) is 15.2. The quantitative estimate of drug-likeness (QED) is 0.674. The summed E-state index contributed by atoms with van der Waals surface area (Å²) in [7, 11) is 0. The van der Waals surface area contributed by atoms with E-state index in [-0.39, 0.29) is 0 Å². The van der Waals surface area contributed by atoms with Crippen molar-refractivity contribution in [3.63, 3.8) is 0 Å². The molecule has 1 aromatic carbocycles.